The van der Waals surface area contributed by atoms with Crippen LogP contribution in [0.2, 0.25) is 0 Å². The fraction of sp³-hybridized carbons (Fsp3) is 0.455. The third kappa shape index (κ3) is 2.95. The molecular weight excluding hydrogens is 148 g/mol. The Morgan fingerprint density at radius 3 is 2.75 bits per heavy atom. The van der Waals surface area contributed by atoms with Crippen LogP contribution < -0.4 is 0 Å². The van der Waals surface area contributed by atoms with Crippen molar-refractivity contribution in [1.82, 2.24) is 0 Å². The minimum Gasteiger partial charge on any atom is -0.512 e. The molecule has 0 amide bonds. The summed E-state index contributed by atoms with van der Waals surface area (Å²) in [5.74, 6) is 0.508. The fourth-order valence-electron chi connectivity index (χ4n) is 1.25. The van der Waals surface area contributed by atoms with Crippen molar-refractivity contribution in [3.05, 3.63) is 35.6 Å². The molecule has 0 aliphatic heterocycles. The van der Waals surface area contributed by atoms with Crippen LogP contribution in [0.25, 0.3) is 0 Å². The first-order valence-electron chi connectivity index (χ1n) is 4.40. The van der Waals surface area contributed by atoms with Crippen molar-refractivity contribution in [2.45, 2.75) is 32.6 Å². The highest BCUT2D eigenvalue weighted by atomic mass is 16.3. The molecule has 66 valence electrons. The molecule has 0 unspecified atom stereocenters. The van der Waals surface area contributed by atoms with E-state index in [2.05, 4.69) is 13.5 Å². The molecule has 0 saturated carbocycles. The lowest BCUT2D eigenvalue weighted by Gasteiger charge is -2.10. The average Bonchev–Trinajstić information content (AvgIpc) is 2.03. The Hall–Kier alpha value is -0.980. The molecule has 0 spiro atoms. The molecule has 1 nitrogen and oxygen atoms in total. The van der Waals surface area contributed by atoms with Crippen LogP contribution in [-0.4, -0.2) is 5.11 Å². The summed E-state index contributed by atoms with van der Waals surface area (Å²) in [5.41, 5.74) is 2.66. The number of rotatable bonds is 3. The second-order valence-corrected chi connectivity index (χ2v) is 3.44. The van der Waals surface area contributed by atoms with E-state index in [0.29, 0.717) is 5.76 Å². The van der Waals surface area contributed by atoms with Gasteiger partial charge in [-0.2, -0.15) is 0 Å². The topological polar surface area (TPSA) is 20.2 Å². The van der Waals surface area contributed by atoms with Gasteiger partial charge in [0.2, 0.25) is 0 Å². The normalized spacial score (nSPS) is 16.8. The van der Waals surface area contributed by atoms with Gasteiger partial charge in [0.15, 0.2) is 0 Å². The van der Waals surface area contributed by atoms with E-state index < -0.39 is 0 Å². The summed E-state index contributed by atoms with van der Waals surface area (Å²) in [6.45, 7) is 5.91. The summed E-state index contributed by atoms with van der Waals surface area (Å²) in [6, 6.07) is 0. The molecule has 0 heterocycles. The van der Waals surface area contributed by atoms with Gasteiger partial charge in [-0.25, -0.2) is 0 Å². The maximum Gasteiger partial charge on any atom is 0.0925 e. The van der Waals surface area contributed by atoms with Crippen LogP contribution in [-0.2, 0) is 0 Å². The molecule has 0 aromatic carbocycles. The Bertz CT molecular complexity index is 233. The highest BCUT2D eigenvalue weighted by Crippen LogP contribution is 2.21. The number of hydrogen-bond acceptors (Lipinski definition) is 1. The second-order valence-electron chi connectivity index (χ2n) is 3.44. The van der Waals surface area contributed by atoms with Gasteiger partial charge in [0, 0.05) is 6.42 Å². The lowest BCUT2D eigenvalue weighted by molar-refractivity contribution is 0.385. The van der Waals surface area contributed by atoms with Gasteiger partial charge in [-0.15, -0.1) is 6.58 Å². The van der Waals surface area contributed by atoms with Crippen LogP contribution in [0.1, 0.15) is 32.6 Å². The van der Waals surface area contributed by atoms with Crippen LogP contribution in [0.4, 0.5) is 0 Å². The first kappa shape index (κ1) is 9.11. The van der Waals surface area contributed by atoms with Crippen LogP contribution in [0.15, 0.2) is 35.6 Å². The summed E-state index contributed by atoms with van der Waals surface area (Å²) < 4.78 is 0. The summed E-state index contributed by atoms with van der Waals surface area (Å²) >= 11 is 0. The number of aliphatic hydroxyl groups excluding tert-OH is 1. The van der Waals surface area contributed by atoms with E-state index in [9.17, 15) is 0 Å². The van der Waals surface area contributed by atoms with Crippen molar-refractivity contribution in [2.75, 3.05) is 0 Å². The Morgan fingerprint density at radius 1 is 1.50 bits per heavy atom. The molecule has 0 aromatic rings. The minimum absolute atomic E-state index is 0.508. The van der Waals surface area contributed by atoms with E-state index in [1.54, 1.807) is 6.08 Å². The molecule has 1 rings (SSSR count). The molecule has 0 radical (unpaired) electrons. The molecule has 1 aliphatic carbocycles. The van der Waals surface area contributed by atoms with Gasteiger partial charge in [0.25, 0.3) is 0 Å². The van der Waals surface area contributed by atoms with Crippen LogP contribution in [0.5, 0.6) is 0 Å². The van der Waals surface area contributed by atoms with Gasteiger partial charge < -0.3 is 5.11 Å². The third-order valence-electron chi connectivity index (χ3n) is 2.09. The summed E-state index contributed by atoms with van der Waals surface area (Å²) in [6.07, 6.45) is 7.82. The number of aliphatic hydroxyl groups is 1. The van der Waals surface area contributed by atoms with Crippen LogP contribution >= 0.6 is 0 Å². The molecule has 1 heteroatoms. The molecule has 1 aliphatic rings. The maximum absolute atomic E-state index is 9.10. The monoisotopic (exact) mass is 164 g/mol. The summed E-state index contributed by atoms with van der Waals surface area (Å²) in [5, 5.41) is 9.10. The molecular formula is C11H16O. The van der Waals surface area contributed by atoms with E-state index in [1.165, 1.54) is 11.1 Å². The van der Waals surface area contributed by atoms with Gasteiger partial charge in [0.1, 0.15) is 0 Å². The van der Waals surface area contributed by atoms with Crippen molar-refractivity contribution >= 4 is 0 Å². The smallest absolute Gasteiger partial charge is 0.0925 e. The summed E-state index contributed by atoms with van der Waals surface area (Å²) in [4.78, 5) is 0. The first-order chi connectivity index (χ1) is 5.68. The number of hydrogen-bond donors (Lipinski definition) is 1. The van der Waals surface area contributed by atoms with Gasteiger partial charge in [-0.1, -0.05) is 17.2 Å². The van der Waals surface area contributed by atoms with E-state index in [0.717, 1.165) is 25.7 Å². The standard InChI is InChI=1S/C11H16O/c1-9(2)3-4-10-5-7-11(12)8-6-10/h5,7,12H,1,3-4,6,8H2,2H3. The van der Waals surface area contributed by atoms with Crippen molar-refractivity contribution in [1.29, 1.82) is 0 Å². The lowest BCUT2D eigenvalue weighted by Crippen LogP contribution is -1.93. The molecule has 12 heavy (non-hydrogen) atoms. The Labute approximate surface area is 74.1 Å². The quantitative estimate of drug-likeness (QED) is 0.633. The van der Waals surface area contributed by atoms with Crippen LogP contribution in [0.3, 0.4) is 0 Å². The molecule has 0 bridgehead atoms. The van der Waals surface area contributed by atoms with E-state index >= 15 is 0 Å². The zero-order chi connectivity index (χ0) is 8.97. The Morgan fingerprint density at radius 2 is 2.25 bits per heavy atom. The van der Waals surface area contributed by atoms with E-state index in [-0.39, 0.29) is 0 Å². The second kappa shape index (κ2) is 4.15. The molecule has 0 fully saturated rings. The average molecular weight is 164 g/mol. The highest BCUT2D eigenvalue weighted by Gasteiger charge is 2.04. The van der Waals surface area contributed by atoms with Gasteiger partial charge in [-0.05, 0) is 32.3 Å². The Balaban J connectivity index is 2.39. The predicted octanol–water partition coefficient (Wildman–Crippen LogP) is 3.50. The van der Waals surface area contributed by atoms with Crippen molar-refractivity contribution in [3.8, 4) is 0 Å². The maximum atomic E-state index is 9.10. The molecule has 0 saturated heterocycles. The predicted molar refractivity (Wildman–Crippen MR) is 52.1 cm³/mol. The lowest BCUT2D eigenvalue weighted by atomic mass is 9.98. The number of allylic oxidation sites excluding steroid dienone is 5. The largest absolute Gasteiger partial charge is 0.512 e. The zero-order valence-electron chi connectivity index (χ0n) is 7.64. The summed E-state index contributed by atoms with van der Waals surface area (Å²) in [7, 11) is 0. The zero-order valence-corrected chi connectivity index (χ0v) is 7.64. The minimum atomic E-state index is 0.508. The van der Waals surface area contributed by atoms with E-state index in [1.807, 2.05) is 6.08 Å². The van der Waals surface area contributed by atoms with Crippen molar-refractivity contribution < 1.29 is 5.11 Å². The third-order valence-corrected chi connectivity index (χ3v) is 2.09. The van der Waals surface area contributed by atoms with Crippen molar-refractivity contribution in [3.63, 3.8) is 0 Å². The van der Waals surface area contributed by atoms with Crippen LogP contribution in [0, 0.1) is 0 Å². The SMILES string of the molecule is C=C(C)CCC1=CC=C(O)CC1. The molecule has 0 aromatic heterocycles. The molecule has 1 N–H and O–H groups in total. The molecule has 0 atom stereocenters. The van der Waals surface area contributed by atoms with Crippen molar-refractivity contribution in [2.24, 2.45) is 0 Å². The highest BCUT2D eigenvalue weighted by molar-refractivity contribution is 5.20. The van der Waals surface area contributed by atoms with Gasteiger partial charge in [-0.3, -0.25) is 0 Å². The van der Waals surface area contributed by atoms with Gasteiger partial charge in [0.05, 0.1) is 5.76 Å². The fourth-order valence-corrected chi connectivity index (χ4v) is 1.25. The van der Waals surface area contributed by atoms with E-state index in [4.69, 9.17) is 5.11 Å². The first-order valence-corrected chi connectivity index (χ1v) is 4.40. The Kier molecular flexibility index (Phi) is 3.15. The van der Waals surface area contributed by atoms with Gasteiger partial charge >= 0.3 is 0 Å².